The fourth-order valence-corrected chi connectivity index (χ4v) is 7.23. The Morgan fingerprint density at radius 1 is 0.783 bits per heavy atom. The minimum atomic E-state index is -0.678. The number of hydrogen-bond donors (Lipinski definition) is 0. The Hall–Kier alpha value is -4.47. The molecule has 8 rings (SSSR count). The molecular formula is C40H34N5Pt-3. The van der Waals surface area contributed by atoms with Crippen LogP contribution in [0.5, 0.6) is 0 Å². The molecule has 0 fully saturated rings. The van der Waals surface area contributed by atoms with Gasteiger partial charge in [-0.2, -0.15) is 42.6 Å². The Kier molecular flexibility index (Phi) is 7.29. The molecule has 0 spiro atoms. The maximum Gasteiger partial charge on any atom is 0.0573 e. The number of aryl methyl sites for hydroxylation is 2. The molecule has 0 bridgehead atoms. The molecule has 0 amide bonds. The van der Waals surface area contributed by atoms with Crippen LogP contribution in [0.4, 0.5) is 5.69 Å². The zero-order valence-corrected chi connectivity index (χ0v) is 28.8. The first-order chi connectivity index (χ1) is 21.8. The van der Waals surface area contributed by atoms with Crippen LogP contribution in [0.25, 0.3) is 16.8 Å². The van der Waals surface area contributed by atoms with Gasteiger partial charge in [0, 0.05) is 43.8 Å². The van der Waals surface area contributed by atoms with Crippen LogP contribution in [0.3, 0.4) is 0 Å². The largest absolute Gasteiger partial charge is 0.510 e. The molecule has 6 aromatic rings. The summed E-state index contributed by atoms with van der Waals surface area (Å²) in [6.45, 7) is 10.8. The van der Waals surface area contributed by atoms with Gasteiger partial charge in [0.25, 0.3) is 0 Å². The zero-order valence-electron chi connectivity index (χ0n) is 26.5. The predicted molar refractivity (Wildman–Crippen MR) is 180 cm³/mol. The van der Waals surface area contributed by atoms with Gasteiger partial charge in [0.15, 0.2) is 0 Å². The fourth-order valence-electron chi connectivity index (χ4n) is 7.23. The van der Waals surface area contributed by atoms with Crippen LogP contribution >= 0.6 is 0 Å². The van der Waals surface area contributed by atoms with E-state index in [1.165, 1.54) is 22.3 Å². The molecule has 1 aliphatic carbocycles. The number of nitrogens with zero attached hydrogens (tertiary/aromatic N) is 5. The van der Waals surface area contributed by atoms with Gasteiger partial charge in [-0.25, -0.2) is 6.07 Å². The van der Waals surface area contributed by atoms with Gasteiger partial charge in [0.2, 0.25) is 0 Å². The number of anilines is 1. The van der Waals surface area contributed by atoms with Gasteiger partial charge >= 0.3 is 0 Å². The van der Waals surface area contributed by atoms with E-state index >= 15 is 0 Å². The monoisotopic (exact) mass is 779 g/mol. The molecule has 0 saturated heterocycles. The van der Waals surface area contributed by atoms with Gasteiger partial charge in [-0.1, -0.05) is 74.1 Å². The molecule has 6 heteroatoms. The minimum Gasteiger partial charge on any atom is -0.510 e. The maximum absolute atomic E-state index is 5.12. The molecule has 0 radical (unpaired) electrons. The van der Waals surface area contributed by atoms with Crippen LogP contribution in [0.2, 0.25) is 0 Å². The van der Waals surface area contributed by atoms with Crippen LogP contribution in [0.15, 0.2) is 110 Å². The molecule has 46 heavy (non-hydrogen) atoms. The standard InChI is InChI=1S/C40H34N5.Pt/c1-27-28(2)45-37(39(3,4)36-19-10-11-20-41-36)24-30(25-38(45)42-27)40(29-13-12-14-31(23-29)44-22-21-43(5)26-44)34-17-8-6-15-32(34)33-16-7-9-18-35(33)40;/h6-22,25-26H,1-5H3;/q-3;. The van der Waals surface area contributed by atoms with Crippen molar-refractivity contribution in [1.29, 1.82) is 0 Å². The molecular weight excluding hydrogens is 746 g/mol. The summed E-state index contributed by atoms with van der Waals surface area (Å²) < 4.78 is 2.27. The van der Waals surface area contributed by atoms with E-state index in [-0.39, 0.29) is 21.1 Å². The molecule has 1 aliphatic heterocycles. The van der Waals surface area contributed by atoms with E-state index < -0.39 is 10.8 Å². The van der Waals surface area contributed by atoms with Gasteiger partial charge in [-0.05, 0) is 67.7 Å². The number of fused-ring (bicyclic) bond motifs is 4. The first-order valence-corrected chi connectivity index (χ1v) is 15.4. The Bertz CT molecular complexity index is 2080. The summed E-state index contributed by atoms with van der Waals surface area (Å²) in [4.78, 5) is 14.1. The van der Waals surface area contributed by atoms with Crippen molar-refractivity contribution >= 4 is 11.3 Å². The van der Waals surface area contributed by atoms with Gasteiger partial charge < -0.3 is 14.2 Å². The Morgan fingerprint density at radius 2 is 1.48 bits per heavy atom. The second kappa shape index (κ2) is 11.1. The Morgan fingerprint density at radius 3 is 2.13 bits per heavy atom. The smallest absolute Gasteiger partial charge is 0.0573 e. The van der Waals surface area contributed by atoms with Crippen molar-refractivity contribution < 1.29 is 21.1 Å². The van der Waals surface area contributed by atoms with Gasteiger partial charge in [0.05, 0.1) is 17.0 Å². The normalized spacial score (nSPS) is 14.8. The third-order valence-corrected chi connectivity index (χ3v) is 9.60. The van der Waals surface area contributed by atoms with E-state index in [0.717, 1.165) is 45.2 Å². The third kappa shape index (κ3) is 4.32. The van der Waals surface area contributed by atoms with Crippen LogP contribution in [0, 0.1) is 32.6 Å². The van der Waals surface area contributed by atoms with Crippen LogP contribution in [-0.2, 0) is 31.9 Å². The summed E-state index contributed by atoms with van der Waals surface area (Å²) in [7, 11) is 2.04. The SMILES string of the molecule is Cc1nc2cc(C3(c4[c-]c(N5C=CN(C)[CH-]5)ccc4)c4ccccc4-c4ccccc43)[c-]c(C(C)(C)c3ccccn3)n2c1C.[Pt]. The van der Waals surface area contributed by atoms with Crippen molar-refractivity contribution in [3.8, 4) is 11.1 Å². The predicted octanol–water partition coefficient (Wildman–Crippen LogP) is 7.98. The average Bonchev–Trinajstić information content (AvgIpc) is 3.73. The minimum absolute atomic E-state index is 0. The average molecular weight is 780 g/mol. The van der Waals surface area contributed by atoms with E-state index in [2.05, 4.69) is 147 Å². The molecule has 0 atom stereocenters. The van der Waals surface area contributed by atoms with Crippen molar-refractivity contribution in [2.75, 3.05) is 11.9 Å². The number of imidazole rings is 1. The topological polar surface area (TPSA) is 36.7 Å². The van der Waals surface area contributed by atoms with E-state index in [1.54, 1.807) is 0 Å². The van der Waals surface area contributed by atoms with Crippen LogP contribution < -0.4 is 4.90 Å². The quantitative estimate of drug-likeness (QED) is 0.166. The third-order valence-electron chi connectivity index (χ3n) is 9.60. The molecule has 5 nitrogen and oxygen atoms in total. The molecule has 0 N–H and O–H groups in total. The number of rotatable bonds is 5. The molecule has 4 heterocycles. The van der Waals surface area contributed by atoms with Crippen LogP contribution in [0.1, 0.15) is 58.9 Å². The van der Waals surface area contributed by atoms with Crippen molar-refractivity contribution in [3.63, 3.8) is 0 Å². The summed E-state index contributed by atoms with van der Waals surface area (Å²) in [5, 5.41) is 0. The summed E-state index contributed by atoms with van der Waals surface area (Å²) in [5.74, 6) is 0. The number of benzene rings is 3. The zero-order chi connectivity index (χ0) is 30.9. The summed E-state index contributed by atoms with van der Waals surface area (Å²) in [6.07, 6.45) is 5.99. The number of pyridine rings is 2. The van der Waals surface area contributed by atoms with Crippen molar-refractivity contribution in [3.05, 3.63) is 173 Å². The molecule has 0 unspecified atom stereocenters. The van der Waals surface area contributed by atoms with Crippen molar-refractivity contribution in [2.24, 2.45) is 0 Å². The second-order valence-electron chi connectivity index (χ2n) is 12.6. The van der Waals surface area contributed by atoms with E-state index in [4.69, 9.17) is 9.97 Å². The fraction of sp³-hybridized carbons (Fsp3) is 0.175. The summed E-state index contributed by atoms with van der Waals surface area (Å²) in [6, 6.07) is 40.4. The Labute approximate surface area is 285 Å². The first kappa shape index (κ1) is 30.2. The van der Waals surface area contributed by atoms with Crippen molar-refractivity contribution in [2.45, 2.75) is 38.5 Å². The molecule has 2 aliphatic rings. The molecule has 0 saturated carbocycles. The molecule has 3 aromatic carbocycles. The van der Waals surface area contributed by atoms with E-state index in [1.807, 2.05) is 30.4 Å². The van der Waals surface area contributed by atoms with Crippen LogP contribution in [-0.4, -0.2) is 26.3 Å². The molecule has 232 valence electrons. The van der Waals surface area contributed by atoms with E-state index in [0.29, 0.717) is 0 Å². The van der Waals surface area contributed by atoms with Gasteiger partial charge in [-0.3, -0.25) is 9.97 Å². The summed E-state index contributed by atoms with van der Waals surface area (Å²) >= 11 is 0. The van der Waals surface area contributed by atoms with Gasteiger partial charge in [0.1, 0.15) is 0 Å². The molecule has 3 aromatic heterocycles. The number of hydrogen-bond acceptors (Lipinski definition) is 4. The van der Waals surface area contributed by atoms with E-state index in [9.17, 15) is 0 Å². The van der Waals surface area contributed by atoms with Crippen molar-refractivity contribution in [1.82, 2.24) is 19.3 Å². The maximum atomic E-state index is 5.12. The van der Waals surface area contributed by atoms with Gasteiger partial charge in [-0.15, -0.1) is 11.3 Å². The Balaban J connectivity index is 0.00000338. The second-order valence-corrected chi connectivity index (χ2v) is 12.6. The summed E-state index contributed by atoms with van der Waals surface area (Å²) in [5.41, 5.74) is 11.9. The first-order valence-electron chi connectivity index (χ1n) is 15.4. The number of aromatic nitrogens is 3.